The van der Waals surface area contributed by atoms with Crippen LogP contribution in [-0.2, 0) is 9.59 Å². The van der Waals surface area contributed by atoms with E-state index in [0.29, 0.717) is 11.4 Å². The number of amidine groups is 1. The van der Waals surface area contributed by atoms with E-state index >= 15 is 0 Å². The minimum Gasteiger partial charge on any atom is -0.489 e. The number of amides is 2. The molecule has 132 valence electrons. The summed E-state index contributed by atoms with van der Waals surface area (Å²) in [6, 6.07) is 2.60. The number of hydrogen-bond donors (Lipinski definition) is 4. The van der Waals surface area contributed by atoms with E-state index in [1.165, 1.54) is 11.9 Å². The van der Waals surface area contributed by atoms with E-state index in [1.54, 1.807) is 19.2 Å². The Kier molecular flexibility index (Phi) is 4.05. The molecule has 2 aromatic rings. The molecule has 1 atom stereocenters. The fourth-order valence-corrected chi connectivity index (χ4v) is 2.62. The van der Waals surface area contributed by atoms with E-state index in [0.717, 1.165) is 21.9 Å². The van der Waals surface area contributed by atoms with Gasteiger partial charge in [0.1, 0.15) is 24.2 Å². The van der Waals surface area contributed by atoms with Crippen LogP contribution in [0.15, 0.2) is 12.1 Å². The van der Waals surface area contributed by atoms with Crippen LogP contribution in [0.25, 0.3) is 11.0 Å². The molecule has 0 bridgehead atoms. The van der Waals surface area contributed by atoms with Gasteiger partial charge in [-0.3, -0.25) is 20.0 Å². The van der Waals surface area contributed by atoms with Crippen LogP contribution in [0.4, 0.5) is 5.69 Å². The summed E-state index contributed by atoms with van der Waals surface area (Å²) < 4.78 is 5.71. The highest BCUT2D eigenvalue weighted by Crippen LogP contribution is 2.34. The summed E-state index contributed by atoms with van der Waals surface area (Å²) in [5, 5.41) is 10.9. The Bertz CT molecular complexity index is 873. The Hall–Kier alpha value is -3.14. The van der Waals surface area contributed by atoms with Crippen molar-refractivity contribution in [1.29, 1.82) is 5.41 Å². The Morgan fingerprint density at radius 2 is 2.28 bits per heavy atom. The number of aryl methyl sites for hydroxylation is 1. The zero-order chi connectivity index (χ0) is 18.3. The summed E-state index contributed by atoms with van der Waals surface area (Å²) in [6.45, 7) is 1.79. The van der Waals surface area contributed by atoms with Crippen LogP contribution in [0.1, 0.15) is 5.82 Å². The van der Waals surface area contributed by atoms with Crippen molar-refractivity contribution in [1.82, 2.24) is 20.3 Å². The number of rotatable bonds is 1. The third-order valence-corrected chi connectivity index (χ3v) is 3.95. The predicted molar refractivity (Wildman–Crippen MR) is 91.3 cm³/mol. The number of likely N-dealkylation sites (N-methyl/N-ethyl adjacent to an activating group) is 2. The summed E-state index contributed by atoms with van der Waals surface area (Å²) in [6.07, 6.45) is 0. The van der Waals surface area contributed by atoms with Crippen LogP contribution in [0.5, 0.6) is 5.75 Å². The second-order valence-corrected chi connectivity index (χ2v) is 5.85. The number of aromatic nitrogens is 2. The maximum absolute atomic E-state index is 12.7. The molecule has 0 radical (unpaired) electrons. The van der Waals surface area contributed by atoms with Gasteiger partial charge in [-0.25, -0.2) is 10.8 Å². The highest BCUT2D eigenvalue weighted by molar-refractivity contribution is 6.36. The van der Waals surface area contributed by atoms with Crippen molar-refractivity contribution in [2.75, 3.05) is 25.6 Å². The van der Waals surface area contributed by atoms with E-state index in [2.05, 4.69) is 15.3 Å². The van der Waals surface area contributed by atoms with Crippen molar-refractivity contribution in [2.24, 2.45) is 5.84 Å². The molecule has 0 unspecified atom stereocenters. The number of hydrazine groups is 1. The molecule has 10 nitrogen and oxygen atoms in total. The Morgan fingerprint density at radius 3 is 2.96 bits per heavy atom. The highest BCUT2D eigenvalue weighted by Gasteiger charge is 2.32. The third kappa shape index (κ3) is 2.98. The fourth-order valence-electron chi connectivity index (χ4n) is 2.62. The first-order valence-corrected chi connectivity index (χ1v) is 7.56. The van der Waals surface area contributed by atoms with Crippen molar-refractivity contribution in [3.05, 3.63) is 18.0 Å². The summed E-state index contributed by atoms with van der Waals surface area (Å²) in [5.41, 5.74) is 2.09. The lowest BCUT2D eigenvalue weighted by Gasteiger charge is -2.21. The maximum atomic E-state index is 12.7. The van der Waals surface area contributed by atoms with Crippen LogP contribution >= 0.6 is 0 Å². The monoisotopic (exact) mass is 345 g/mol. The van der Waals surface area contributed by atoms with E-state index in [-0.39, 0.29) is 12.5 Å². The lowest BCUT2D eigenvalue weighted by atomic mass is 10.2. The van der Waals surface area contributed by atoms with Crippen molar-refractivity contribution in [2.45, 2.75) is 13.0 Å². The Morgan fingerprint density at radius 1 is 1.56 bits per heavy atom. The number of nitrogens with zero attached hydrogens (tertiary/aromatic N) is 3. The average Bonchev–Trinajstić information content (AvgIpc) is 2.89. The van der Waals surface area contributed by atoms with Crippen LogP contribution in [-0.4, -0.2) is 59.4 Å². The van der Waals surface area contributed by atoms with E-state index in [9.17, 15) is 9.59 Å². The molecular formula is C15H19N7O3. The number of H-pyrrole nitrogens is 1. The molecule has 0 saturated heterocycles. The van der Waals surface area contributed by atoms with Gasteiger partial charge in [0.25, 0.3) is 11.8 Å². The zero-order valence-corrected chi connectivity index (χ0v) is 14.1. The zero-order valence-electron chi connectivity index (χ0n) is 14.1. The van der Waals surface area contributed by atoms with Gasteiger partial charge >= 0.3 is 0 Å². The standard InChI is InChI=1S/C15H19N7O3/c1-7-18-8-4-11-12(5-9(8)19-7)25-6-10(15(24)21(11)2)20-14(23)13(16)22(3)17/h4-5,10,16H,6,17H2,1-3H3,(H,18,19)(H,20,23)/t10-/m0/s1. The maximum Gasteiger partial charge on any atom is 0.288 e. The van der Waals surface area contributed by atoms with Gasteiger partial charge in [0, 0.05) is 20.2 Å². The van der Waals surface area contributed by atoms with Gasteiger partial charge in [-0.05, 0) is 13.0 Å². The van der Waals surface area contributed by atoms with E-state index in [1.807, 2.05) is 6.92 Å². The number of fused-ring (bicyclic) bond motifs is 2. The minimum atomic E-state index is -0.932. The molecule has 0 spiro atoms. The molecule has 0 saturated carbocycles. The number of ether oxygens (including phenoxy) is 1. The fraction of sp³-hybridized carbons (Fsp3) is 0.333. The number of imidazole rings is 1. The smallest absolute Gasteiger partial charge is 0.288 e. The second-order valence-electron chi connectivity index (χ2n) is 5.85. The van der Waals surface area contributed by atoms with Gasteiger partial charge in [0.05, 0.1) is 16.7 Å². The number of nitrogens with two attached hydrogens (primary N) is 1. The van der Waals surface area contributed by atoms with E-state index < -0.39 is 17.8 Å². The highest BCUT2D eigenvalue weighted by atomic mass is 16.5. The van der Waals surface area contributed by atoms with Crippen molar-refractivity contribution < 1.29 is 14.3 Å². The van der Waals surface area contributed by atoms with Crippen molar-refractivity contribution in [3.8, 4) is 5.75 Å². The Labute approximate surface area is 143 Å². The second kappa shape index (κ2) is 6.06. The molecule has 2 amide bonds. The van der Waals surface area contributed by atoms with Crippen molar-refractivity contribution >= 4 is 34.4 Å². The molecule has 5 N–H and O–H groups in total. The first-order chi connectivity index (χ1) is 11.8. The van der Waals surface area contributed by atoms with Crippen molar-refractivity contribution in [3.63, 3.8) is 0 Å². The molecule has 10 heteroatoms. The van der Waals surface area contributed by atoms with Gasteiger partial charge < -0.3 is 19.9 Å². The molecule has 2 heterocycles. The number of anilines is 1. The van der Waals surface area contributed by atoms with Crippen LogP contribution in [0.3, 0.4) is 0 Å². The molecular weight excluding hydrogens is 326 g/mol. The lowest BCUT2D eigenvalue weighted by molar-refractivity contribution is -0.125. The number of carbonyl (C=O) groups excluding carboxylic acids is 2. The average molecular weight is 345 g/mol. The van der Waals surface area contributed by atoms with Gasteiger partial charge in [-0.15, -0.1) is 0 Å². The summed E-state index contributed by atoms with van der Waals surface area (Å²) in [7, 11) is 2.97. The quantitative estimate of drug-likeness (QED) is 0.238. The van der Waals surface area contributed by atoms with Crippen LogP contribution in [0, 0.1) is 12.3 Å². The first-order valence-electron chi connectivity index (χ1n) is 7.56. The topological polar surface area (TPSA) is 140 Å². The molecule has 0 fully saturated rings. The summed E-state index contributed by atoms with van der Waals surface area (Å²) >= 11 is 0. The van der Waals surface area contributed by atoms with E-state index in [4.69, 9.17) is 16.0 Å². The number of nitrogens with one attached hydrogen (secondary N) is 3. The first kappa shape index (κ1) is 16.7. The van der Waals surface area contributed by atoms with Gasteiger partial charge in [-0.1, -0.05) is 0 Å². The molecule has 1 aliphatic rings. The molecule has 0 aliphatic carbocycles. The number of carbonyl (C=O) groups is 2. The third-order valence-electron chi connectivity index (χ3n) is 3.95. The van der Waals surface area contributed by atoms with Gasteiger partial charge in [-0.2, -0.15) is 0 Å². The number of benzene rings is 1. The number of aromatic amines is 1. The largest absolute Gasteiger partial charge is 0.489 e. The summed E-state index contributed by atoms with van der Waals surface area (Å²) in [4.78, 5) is 33.5. The summed E-state index contributed by atoms with van der Waals surface area (Å²) in [5.74, 6) is 5.07. The minimum absolute atomic E-state index is 0.0572. The number of hydrogen-bond acceptors (Lipinski definition) is 6. The van der Waals surface area contributed by atoms with Crippen LogP contribution < -0.4 is 20.8 Å². The van der Waals surface area contributed by atoms with Gasteiger partial charge in [0.2, 0.25) is 5.84 Å². The molecule has 3 rings (SSSR count). The SMILES string of the molecule is Cc1nc2cc3c(cc2[nH]1)N(C)C(=O)[C@@H](NC(=O)C(=N)N(C)N)CO3. The van der Waals surface area contributed by atoms with Gasteiger partial charge in [0.15, 0.2) is 0 Å². The Balaban J connectivity index is 1.88. The lowest BCUT2D eigenvalue weighted by Crippen LogP contribution is -2.53. The molecule has 1 aromatic carbocycles. The molecule has 1 aromatic heterocycles. The molecule has 1 aliphatic heterocycles. The normalized spacial score (nSPS) is 16.9. The molecule has 25 heavy (non-hydrogen) atoms. The van der Waals surface area contributed by atoms with Crippen LogP contribution in [0.2, 0.25) is 0 Å². The predicted octanol–water partition coefficient (Wildman–Crippen LogP) is -0.506.